The van der Waals surface area contributed by atoms with E-state index in [2.05, 4.69) is 0 Å². The van der Waals surface area contributed by atoms with Crippen molar-refractivity contribution in [2.24, 2.45) is 11.8 Å². The number of imide groups is 1. The Hall–Kier alpha value is -4.36. The first kappa shape index (κ1) is 27.8. The molecule has 3 fully saturated rings. The molecule has 0 aromatic heterocycles. The van der Waals surface area contributed by atoms with E-state index in [-0.39, 0.29) is 12.3 Å². The Morgan fingerprint density at radius 3 is 2.29 bits per heavy atom. The summed E-state index contributed by atoms with van der Waals surface area (Å²) in [6, 6.07) is 21.4. The summed E-state index contributed by atoms with van der Waals surface area (Å²) < 4.78 is 59.0. The third-order valence-electron chi connectivity index (χ3n) is 8.57. The lowest BCUT2D eigenvalue weighted by molar-refractivity contribution is -0.138. The number of alkyl halides is 3. The number of anilines is 1. The van der Waals surface area contributed by atoms with Crippen LogP contribution in [-0.2, 0) is 27.1 Å². The van der Waals surface area contributed by atoms with Crippen LogP contribution in [0.15, 0.2) is 72.8 Å². The van der Waals surface area contributed by atoms with Crippen LogP contribution < -0.4 is 14.4 Å². The van der Waals surface area contributed by atoms with E-state index in [1.807, 2.05) is 30.3 Å². The highest BCUT2D eigenvalue weighted by atomic mass is 19.4. The Kier molecular flexibility index (Phi) is 6.73. The van der Waals surface area contributed by atoms with Gasteiger partial charge in [0.05, 0.1) is 52.5 Å². The fourth-order valence-corrected chi connectivity index (χ4v) is 6.58. The van der Waals surface area contributed by atoms with Crippen LogP contribution in [0.3, 0.4) is 0 Å². The summed E-state index contributed by atoms with van der Waals surface area (Å²) >= 11 is 0. The third-order valence-corrected chi connectivity index (χ3v) is 8.57. The molecule has 0 saturated carbocycles. The molecule has 7 nitrogen and oxygen atoms in total. The van der Waals surface area contributed by atoms with Crippen molar-refractivity contribution in [1.82, 2.24) is 0 Å². The molecule has 3 heterocycles. The summed E-state index contributed by atoms with van der Waals surface area (Å²) in [6.07, 6.45) is -3.43. The number of nitrogens with zero attached hydrogens (tertiary/aromatic N) is 2. The Bertz CT molecular complexity index is 1570. The molecule has 4 atom stereocenters. The molecule has 3 aromatic rings. The summed E-state index contributed by atoms with van der Waals surface area (Å²) in [5.41, 5.74) is -2.80. The van der Waals surface area contributed by atoms with Gasteiger partial charge in [-0.25, -0.2) is 4.90 Å². The molecular formula is C32H27F3N2O5. The van der Waals surface area contributed by atoms with E-state index in [0.717, 1.165) is 16.5 Å². The fraction of sp³-hybridized carbons (Fsp3) is 0.344. The van der Waals surface area contributed by atoms with E-state index < -0.39 is 52.2 Å². The van der Waals surface area contributed by atoms with Crippen LogP contribution in [0.4, 0.5) is 18.9 Å². The maximum absolute atomic E-state index is 13.7. The molecule has 3 aromatic carbocycles. The molecule has 3 aliphatic heterocycles. The topological polar surface area (TPSA) is 88.9 Å². The first-order chi connectivity index (χ1) is 20.0. The number of hydrogen-bond acceptors (Lipinski definition) is 6. The molecular weight excluding hydrogens is 549 g/mol. The van der Waals surface area contributed by atoms with Gasteiger partial charge in [0.15, 0.2) is 0 Å². The standard InChI is InChI=1S/C32H27F3N2O5/c1-30-13-14-31(42-30,15-16-40-23-9-11-24(12-10-23)41-19-20-5-3-2-4-6-20)27-26(30)28(38)37(29(27)39)22-8-7-21(18-36)25(17-22)32(33,34)35/h2-12,17,26-27H,13-16,19H2,1H3/t26-,27+,30-,31-/m0/s1. The number of benzene rings is 3. The van der Waals surface area contributed by atoms with Crippen LogP contribution in [0.2, 0.25) is 0 Å². The highest BCUT2D eigenvalue weighted by molar-refractivity contribution is 6.23. The number of fused-ring (bicyclic) bond motifs is 5. The van der Waals surface area contributed by atoms with Crippen molar-refractivity contribution >= 4 is 17.5 Å². The van der Waals surface area contributed by atoms with Gasteiger partial charge in [-0.05, 0) is 67.8 Å². The van der Waals surface area contributed by atoms with Crippen molar-refractivity contribution in [3.63, 3.8) is 0 Å². The number of ether oxygens (including phenoxy) is 3. The van der Waals surface area contributed by atoms with Crippen molar-refractivity contribution in [3.8, 4) is 17.6 Å². The fourth-order valence-electron chi connectivity index (χ4n) is 6.58. The predicted molar refractivity (Wildman–Crippen MR) is 144 cm³/mol. The SMILES string of the molecule is C[C@@]12CC[C@@](CCOc3ccc(OCc4ccccc4)cc3)(O1)[C@H]1C(=O)N(c3ccc(C#N)c(C(F)(F)F)c3)C(=O)[C@H]12. The van der Waals surface area contributed by atoms with Crippen LogP contribution >= 0.6 is 0 Å². The predicted octanol–water partition coefficient (Wildman–Crippen LogP) is 6.05. The minimum absolute atomic E-state index is 0.199. The second-order valence-electron chi connectivity index (χ2n) is 11.1. The molecule has 0 unspecified atom stereocenters. The van der Waals surface area contributed by atoms with Gasteiger partial charge in [0.25, 0.3) is 0 Å². The van der Waals surface area contributed by atoms with Gasteiger partial charge in [-0.2, -0.15) is 18.4 Å². The second-order valence-corrected chi connectivity index (χ2v) is 11.1. The van der Waals surface area contributed by atoms with Gasteiger partial charge in [0, 0.05) is 6.42 Å². The molecule has 0 radical (unpaired) electrons. The average Bonchev–Trinajstić information content (AvgIpc) is 3.56. The lowest BCUT2D eigenvalue weighted by Crippen LogP contribution is -2.43. The summed E-state index contributed by atoms with van der Waals surface area (Å²) in [7, 11) is 0. The molecule has 216 valence electrons. The Morgan fingerprint density at radius 1 is 0.952 bits per heavy atom. The zero-order chi connectivity index (χ0) is 29.7. The lowest BCUT2D eigenvalue weighted by atomic mass is 9.67. The first-order valence-corrected chi connectivity index (χ1v) is 13.6. The van der Waals surface area contributed by atoms with Crippen molar-refractivity contribution in [3.05, 3.63) is 89.5 Å². The molecule has 2 bridgehead atoms. The molecule has 0 spiro atoms. The first-order valence-electron chi connectivity index (χ1n) is 13.6. The molecule has 3 aliphatic rings. The van der Waals surface area contributed by atoms with Crippen LogP contribution in [0.25, 0.3) is 0 Å². The van der Waals surface area contributed by atoms with E-state index >= 15 is 0 Å². The number of amides is 2. The maximum Gasteiger partial charge on any atom is 0.417 e. The number of nitriles is 1. The van der Waals surface area contributed by atoms with Crippen LogP contribution in [0.5, 0.6) is 11.5 Å². The van der Waals surface area contributed by atoms with E-state index in [0.29, 0.717) is 43.4 Å². The van der Waals surface area contributed by atoms with Crippen LogP contribution in [0, 0.1) is 23.2 Å². The quantitative estimate of drug-likeness (QED) is 0.303. The minimum Gasteiger partial charge on any atom is -0.493 e. The zero-order valence-electron chi connectivity index (χ0n) is 22.7. The third kappa shape index (κ3) is 4.68. The van der Waals surface area contributed by atoms with Gasteiger partial charge >= 0.3 is 6.18 Å². The number of carbonyl (C=O) groups excluding carboxylic acids is 2. The van der Waals surface area contributed by atoms with Gasteiger partial charge in [-0.1, -0.05) is 30.3 Å². The summed E-state index contributed by atoms with van der Waals surface area (Å²) in [6.45, 7) is 2.43. The second kappa shape index (κ2) is 10.2. The van der Waals surface area contributed by atoms with Gasteiger partial charge in [-0.3, -0.25) is 9.59 Å². The Morgan fingerprint density at radius 2 is 1.62 bits per heavy atom. The Labute approximate surface area is 240 Å². The molecule has 10 heteroatoms. The van der Waals surface area contributed by atoms with Crippen molar-refractivity contribution in [2.45, 2.75) is 50.2 Å². The van der Waals surface area contributed by atoms with Crippen molar-refractivity contribution in [2.75, 3.05) is 11.5 Å². The van der Waals surface area contributed by atoms with Crippen LogP contribution in [0.1, 0.15) is 42.9 Å². The number of rotatable bonds is 8. The number of hydrogen-bond donors (Lipinski definition) is 0. The molecule has 6 rings (SSSR count). The lowest BCUT2D eigenvalue weighted by Gasteiger charge is -2.31. The van der Waals surface area contributed by atoms with E-state index in [4.69, 9.17) is 19.5 Å². The number of halogens is 3. The molecule has 2 amide bonds. The Balaban J connectivity index is 1.15. The van der Waals surface area contributed by atoms with E-state index in [1.165, 1.54) is 12.1 Å². The highest BCUT2D eigenvalue weighted by Gasteiger charge is 2.73. The summed E-state index contributed by atoms with van der Waals surface area (Å²) in [5.74, 6) is -1.55. The highest BCUT2D eigenvalue weighted by Crippen LogP contribution is 2.62. The van der Waals surface area contributed by atoms with Gasteiger partial charge in [0.1, 0.15) is 18.1 Å². The molecule has 0 aliphatic carbocycles. The monoisotopic (exact) mass is 576 g/mol. The molecule has 42 heavy (non-hydrogen) atoms. The van der Waals surface area contributed by atoms with Crippen molar-refractivity contribution in [1.29, 1.82) is 5.26 Å². The van der Waals surface area contributed by atoms with Gasteiger partial charge in [-0.15, -0.1) is 0 Å². The average molecular weight is 577 g/mol. The minimum atomic E-state index is -4.82. The largest absolute Gasteiger partial charge is 0.493 e. The molecule has 3 saturated heterocycles. The van der Waals surface area contributed by atoms with Crippen LogP contribution in [-0.4, -0.2) is 29.6 Å². The smallest absolute Gasteiger partial charge is 0.417 e. The van der Waals surface area contributed by atoms with Crippen molar-refractivity contribution < 1.29 is 37.0 Å². The van der Waals surface area contributed by atoms with E-state index in [9.17, 15) is 22.8 Å². The summed E-state index contributed by atoms with van der Waals surface area (Å²) in [5, 5.41) is 9.13. The normalized spacial score (nSPS) is 26.3. The summed E-state index contributed by atoms with van der Waals surface area (Å²) in [4.78, 5) is 28.1. The zero-order valence-corrected chi connectivity index (χ0v) is 22.7. The van der Waals surface area contributed by atoms with Gasteiger partial charge < -0.3 is 14.2 Å². The van der Waals surface area contributed by atoms with E-state index in [1.54, 1.807) is 31.2 Å². The van der Waals surface area contributed by atoms with Gasteiger partial charge in [0.2, 0.25) is 11.8 Å². The maximum atomic E-state index is 13.7. The molecule has 0 N–H and O–H groups in total. The number of carbonyl (C=O) groups is 2.